The predicted octanol–water partition coefficient (Wildman–Crippen LogP) is 4.10. The normalized spacial score (nSPS) is 18.2. The number of hydrogen-bond donors (Lipinski definition) is 2. The first-order chi connectivity index (χ1) is 14.3. The molecule has 3 rings (SSSR count). The van der Waals surface area contributed by atoms with Gasteiger partial charge >= 0.3 is 5.97 Å². The lowest BCUT2D eigenvalue weighted by molar-refractivity contribution is -0.140. The Morgan fingerprint density at radius 1 is 1.00 bits per heavy atom. The van der Waals surface area contributed by atoms with Crippen LogP contribution in [0.25, 0.3) is 5.76 Å². The summed E-state index contributed by atoms with van der Waals surface area (Å²) in [5.41, 5.74) is 2.29. The minimum atomic E-state index is -0.964. The van der Waals surface area contributed by atoms with Crippen molar-refractivity contribution in [2.75, 3.05) is 6.54 Å². The molecule has 1 unspecified atom stereocenters. The van der Waals surface area contributed by atoms with Crippen LogP contribution in [0, 0.1) is 0 Å². The molecule has 6 nitrogen and oxygen atoms in total. The molecule has 2 aromatic rings. The molecule has 0 spiro atoms. The summed E-state index contributed by atoms with van der Waals surface area (Å²) < 4.78 is 0. The Hall–Kier alpha value is -3.41. The number of aliphatic hydroxyl groups excluding tert-OH is 1. The Morgan fingerprint density at radius 3 is 2.20 bits per heavy atom. The van der Waals surface area contributed by atoms with E-state index in [1.807, 2.05) is 24.3 Å². The molecule has 0 radical (unpaired) electrons. The lowest BCUT2D eigenvalue weighted by atomic mass is 9.93. The summed E-state index contributed by atoms with van der Waals surface area (Å²) in [5, 5.41) is 19.8. The molecule has 2 aromatic carbocycles. The molecule has 1 amide bonds. The minimum absolute atomic E-state index is 0.0267. The van der Waals surface area contributed by atoms with Gasteiger partial charge in [-0.25, -0.2) is 0 Å². The van der Waals surface area contributed by atoms with Gasteiger partial charge in [0.25, 0.3) is 11.7 Å². The van der Waals surface area contributed by atoms with Crippen LogP contribution in [0.2, 0.25) is 0 Å². The molecule has 0 saturated carbocycles. The Morgan fingerprint density at radius 2 is 1.63 bits per heavy atom. The molecule has 1 fully saturated rings. The van der Waals surface area contributed by atoms with Crippen LogP contribution in [0.5, 0.6) is 0 Å². The lowest BCUT2D eigenvalue weighted by Crippen LogP contribution is -2.31. The third-order valence-electron chi connectivity index (χ3n) is 5.30. The van der Waals surface area contributed by atoms with E-state index in [0.29, 0.717) is 17.0 Å². The van der Waals surface area contributed by atoms with Gasteiger partial charge in [0.05, 0.1) is 11.6 Å². The number of carbonyl (C=O) groups is 3. The summed E-state index contributed by atoms with van der Waals surface area (Å²) in [4.78, 5) is 37.9. The number of aliphatic hydroxyl groups is 1. The van der Waals surface area contributed by atoms with Crippen molar-refractivity contribution in [3.63, 3.8) is 0 Å². The second kappa shape index (κ2) is 8.95. The first kappa shape index (κ1) is 21.3. The first-order valence-electron chi connectivity index (χ1n) is 9.96. The van der Waals surface area contributed by atoms with Crippen LogP contribution < -0.4 is 0 Å². The second-order valence-electron chi connectivity index (χ2n) is 7.68. The highest BCUT2D eigenvalue weighted by Gasteiger charge is 2.45. The molecule has 1 saturated heterocycles. The van der Waals surface area contributed by atoms with Gasteiger partial charge in [-0.3, -0.25) is 14.4 Å². The van der Waals surface area contributed by atoms with Crippen molar-refractivity contribution in [1.29, 1.82) is 0 Å². The van der Waals surface area contributed by atoms with E-state index in [1.165, 1.54) is 4.90 Å². The standard InChI is InChI=1S/C24H25NO5/c1-15(2)16-10-12-17(13-11-16)21-20(22(28)18-7-4-3-5-8-18)23(29)24(30)25(21)14-6-9-19(26)27/h3-5,7-8,10-13,15,21,28H,6,9,14H2,1-2H3,(H,26,27)/b22-20-. The largest absolute Gasteiger partial charge is 0.507 e. The van der Waals surface area contributed by atoms with Crippen molar-refractivity contribution in [2.45, 2.75) is 38.6 Å². The van der Waals surface area contributed by atoms with Crippen LogP contribution in [0.1, 0.15) is 55.3 Å². The second-order valence-corrected chi connectivity index (χ2v) is 7.68. The molecule has 30 heavy (non-hydrogen) atoms. The van der Waals surface area contributed by atoms with Gasteiger partial charge < -0.3 is 15.1 Å². The quantitative estimate of drug-likeness (QED) is 0.409. The van der Waals surface area contributed by atoms with Gasteiger partial charge in [-0.1, -0.05) is 68.4 Å². The molecular formula is C24H25NO5. The van der Waals surface area contributed by atoms with E-state index in [1.54, 1.807) is 30.3 Å². The van der Waals surface area contributed by atoms with Crippen molar-refractivity contribution < 1.29 is 24.6 Å². The van der Waals surface area contributed by atoms with Gasteiger partial charge in [-0.2, -0.15) is 0 Å². The van der Waals surface area contributed by atoms with Gasteiger partial charge in [0.2, 0.25) is 0 Å². The highest BCUT2D eigenvalue weighted by molar-refractivity contribution is 6.46. The van der Waals surface area contributed by atoms with Crippen molar-refractivity contribution in [3.8, 4) is 0 Å². The van der Waals surface area contributed by atoms with Gasteiger partial charge in [0.1, 0.15) is 5.76 Å². The maximum Gasteiger partial charge on any atom is 0.303 e. The average Bonchev–Trinajstić information content (AvgIpc) is 2.98. The van der Waals surface area contributed by atoms with E-state index in [2.05, 4.69) is 13.8 Å². The molecule has 156 valence electrons. The molecule has 6 heteroatoms. The van der Waals surface area contributed by atoms with Crippen LogP contribution in [0.15, 0.2) is 60.2 Å². The first-order valence-corrected chi connectivity index (χ1v) is 9.96. The highest BCUT2D eigenvalue weighted by Crippen LogP contribution is 2.39. The maximum atomic E-state index is 12.9. The summed E-state index contributed by atoms with van der Waals surface area (Å²) in [6, 6.07) is 15.5. The number of rotatable bonds is 7. The summed E-state index contributed by atoms with van der Waals surface area (Å²) in [6.45, 7) is 4.25. The topological polar surface area (TPSA) is 94.9 Å². The van der Waals surface area contributed by atoms with Crippen molar-refractivity contribution in [1.82, 2.24) is 4.90 Å². The van der Waals surface area contributed by atoms with Crippen LogP contribution in [-0.4, -0.2) is 39.3 Å². The zero-order chi connectivity index (χ0) is 21.8. The number of carboxylic acids is 1. The van der Waals surface area contributed by atoms with E-state index in [4.69, 9.17) is 5.11 Å². The van der Waals surface area contributed by atoms with E-state index in [0.717, 1.165) is 5.56 Å². The molecule has 1 heterocycles. The summed E-state index contributed by atoms with van der Waals surface area (Å²) in [5.74, 6) is -2.35. The number of likely N-dealkylation sites (tertiary alicyclic amines) is 1. The molecule has 1 aliphatic heterocycles. The van der Waals surface area contributed by atoms with Gasteiger partial charge in [0, 0.05) is 18.5 Å². The van der Waals surface area contributed by atoms with Gasteiger partial charge in [0.15, 0.2) is 0 Å². The molecule has 0 aliphatic carbocycles. The number of Topliss-reactive ketones (excluding diaryl/α,β-unsaturated/α-hetero) is 1. The fourth-order valence-corrected chi connectivity index (χ4v) is 3.67. The Kier molecular flexibility index (Phi) is 6.35. The Balaban J connectivity index is 2.08. The van der Waals surface area contributed by atoms with E-state index in [-0.39, 0.29) is 30.7 Å². The average molecular weight is 407 g/mol. The highest BCUT2D eigenvalue weighted by atomic mass is 16.4. The summed E-state index contributed by atoms with van der Waals surface area (Å²) in [7, 11) is 0. The summed E-state index contributed by atoms with van der Waals surface area (Å²) >= 11 is 0. The third-order valence-corrected chi connectivity index (χ3v) is 5.30. The van der Waals surface area contributed by atoms with Crippen LogP contribution in [0.4, 0.5) is 0 Å². The van der Waals surface area contributed by atoms with Crippen molar-refractivity contribution in [3.05, 3.63) is 76.9 Å². The molecule has 0 aromatic heterocycles. The number of hydrogen-bond acceptors (Lipinski definition) is 4. The lowest BCUT2D eigenvalue weighted by Gasteiger charge is -2.25. The Labute approximate surface area is 175 Å². The van der Waals surface area contributed by atoms with Crippen LogP contribution in [-0.2, 0) is 14.4 Å². The smallest absolute Gasteiger partial charge is 0.303 e. The number of benzene rings is 2. The SMILES string of the molecule is CC(C)c1ccc(C2/C(=C(/O)c3ccccc3)C(=O)C(=O)N2CCCC(=O)O)cc1. The summed E-state index contributed by atoms with van der Waals surface area (Å²) in [6.07, 6.45) is 0.106. The molecular weight excluding hydrogens is 382 g/mol. The zero-order valence-electron chi connectivity index (χ0n) is 17.0. The molecule has 2 N–H and O–H groups in total. The number of aliphatic carboxylic acids is 1. The van der Waals surface area contributed by atoms with Gasteiger partial charge in [-0.15, -0.1) is 0 Å². The number of carboxylic acid groups (broad SMARTS) is 1. The minimum Gasteiger partial charge on any atom is -0.507 e. The van der Waals surface area contributed by atoms with E-state index in [9.17, 15) is 19.5 Å². The molecule has 1 atom stereocenters. The zero-order valence-corrected chi connectivity index (χ0v) is 17.0. The monoisotopic (exact) mass is 407 g/mol. The third kappa shape index (κ3) is 4.27. The maximum absolute atomic E-state index is 12.9. The van der Waals surface area contributed by atoms with Crippen molar-refractivity contribution >= 4 is 23.4 Å². The van der Waals surface area contributed by atoms with Crippen molar-refractivity contribution in [2.24, 2.45) is 0 Å². The number of nitrogens with zero attached hydrogens (tertiary/aromatic N) is 1. The van der Waals surface area contributed by atoms with Gasteiger partial charge in [-0.05, 0) is 23.5 Å². The van der Waals surface area contributed by atoms with Crippen LogP contribution >= 0.6 is 0 Å². The number of carbonyl (C=O) groups excluding carboxylic acids is 2. The number of ketones is 1. The van der Waals surface area contributed by atoms with Crippen LogP contribution in [0.3, 0.4) is 0 Å². The molecule has 0 bridgehead atoms. The molecule has 1 aliphatic rings. The van der Waals surface area contributed by atoms with E-state index >= 15 is 0 Å². The predicted molar refractivity (Wildman–Crippen MR) is 113 cm³/mol. The Bertz CT molecular complexity index is 976. The number of amides is 1. The fourth-order valence-electron chi connectivity index (χ4n) is 3.67. The fraction of sp³-hybridized carbons (Fsp3) is 0.292. The van der Waals surface area contributed by atoms with E-state index < -0.39 is 23.7 Å².